The van der Waals surface area contributed by atoms with E-state index in [1.54, 1.807) is 13.2 Å². The summed E-state index contributed by atoms with van der Waals surface area (Å²) in [5.74, 6) is 0.969. The quantitative estimate of drug-likeness (QED) is 0.283. The number of ether oxygens (including phenoxy) is 2. The lowest BCUT2D eigenvalue weighted by Gasteiger charge is -2.08. The Morgan fingerprint density at radius 2 is 1.85 bits per heavy atom. The third-order valence-corrected chi connectivity index (χ3v) is 5.20. The highest BCUT2D eigenvalue weighted by atomic mass is 35.5. The fraction of sp³-hybridized carbons (Fsp3) is 0.0800. The van der Waals surface area contributed by atoms with Crippen LogP contribution in [-0.4, -0.2) is 29.4 Å². The molecule has 0 aliphatic rings. The van der Waals surface area contributed by atoms with E-state index >= 15 is 0 Å². The highest BCUT2D eigenvalue weighted by Gasteiger charge is 2.11. The Labute approximate surface area is 196 Å². The van der Waals surface area contributed by atoms with E-state index in [1.807, 2.05) is 72.8 Å². The number of carbonyl (C=O) groups is 1. The second-order valence-corrected chi connectivity index (χ2v) is 7.42. The van der Waals surface area contributed by atoms with Crippen molar-refractivity contribution in [1.29, 1.82) is 0 Å². The molecular formula is C25H21ClN4O3. The van der Waals surface area contributed by atoms with E-state index in [0.29, 0.717) is 34.5 Å². The van der Waals surface area contributed by atoms with Gasteiger partial charge in [-0.15, -0.1) is 0 Å². The Morgan fingerprint density at radius 1 is 1.09 bits per heavy atom. The fourth-order valence-corrected chi connectivity index (χ4v) is 3.27. The first-order valence-corrected chi connectivity index (χ1v) is 10.5. The van der Waals surface area contributed by atoms with Gasteiger partial charge >= 0.3 is 0 Å². The van der Waals surface area contributed by atoms with Crippen LogP contribution in [0.2, 0.25) is 5.02 Å². The summed E-state index contributed by atoms with van der Waals surface area (Å²) < 4.78 is 11.1. The van der Waals surface area contributed by atoms with Gasteiger partial charge in [0.2, 0.25) is 0 Å². The van der Waals surface area contributed by atoms with Crippen LogP contribution in [0.3, 0.4) is 0 Å². The average molecular weight is 461 g/mol. The van der Waals surface area contributed by atoms with Crippen LogP contribution in [0.15, 0.2) is 84.0 Å². The molecular weight excluding hydrogens is 440 g/mol. The van der Waals surface area contributed by atoms with Crippen molar-refractivity contribution in [3.8, 4) is 22.8 Å². The van der Waals surface area contributed by atoms with Crippen molar-refractivity contribution >= 4 is 23.7 Å². The Hall–Kier alpha value is -4.10. The molecule has 0 atom stereocenters. The SMILES string of the molecule is COc1ccccc1/C=N/NC(=O)c1cc(-c2ccc(OCc3ccccc3Cl)cc2)n[nH]1. The molecule has 2 N–H and O–H groups in total. The highest BCUT2D eigenvalue weighted by Crippen LogP contribution is 2.23. The minimum atomic E-state index is -0.403. The second kappa shape index (κ2) is 10.5. The second-order valence-electron chi connectivity index (χ2n) is 7.01. The van der Waals surface area contributed by atoms with Crippen LogP contribution in [0.25, 0.3) is 11.3 Å². The number of H-pyrrole nitrogens is 1. The van der Waals surface area contributed by atoms with E-state index in [-0.39, 0.29) is 0 Å². The molecule has 4 rings (SSSR count). The van der Waals surface area contributed by atoms with Gasteiger partial charge in [0, 0.05) is 21.7 Å². The van der Waals surface area contributed by atoms with Crippen molar-refractivity contribution in [3.05, 3.63) is 101 Å². The van der Waals surface area contributed by atoms with Gasteiger partial charge in [-0.1, -0.05) is 41.9 Å². The molecule has 0 saturated heterocycles. The van der Waals surface area contributed by atoms with Crippen LogP contribution in [0, 0.1) is 0 Å². The summed E-state index contributed by atoms with van der Waals surface area (Å²) in [6.45, 7) is 0.376. The van der Waals surface area contributed by atoms with Crippen molar-refractivity contribution in [1.82, 2.24) is 15.6 Å². The number of hydrogen-bond acceptors (Lipinski definition) is 5. The first-order chi connectivity index (χ1) is 16.1. The summed E-state index contributed by atoms with van der Waals surface area (Å²) in [6, 6.07) is 24.0. The van der Waals surface area contributed by atoms with E-state index in [9.17, 15) is 4.79 Å². The zero-order valence-corrected chi connectivity index (χ0v) is 18.5. The van der Waals surface area contributed by atoms with E-state index in [2.05, 4.69) is 20.7 Å². The molecule has 8 heteroatoms. The average Bonchev–Trinajstić information content (AvgIpc) is 3.35. The minimum absolute atomic E-state index is 0.293. The maximum Gasteiger partial charge on any atom is 0.289 e. The first-order valence-electron chi connectivity index (χ1n) is 10.1. The number of hydrazone groups is 1. The molecule has 0 aliphatic carbocycles. The number of nitrogens with one attached hydrogen (secondary N) is 2. The molecule has 1 heterocycles. The lowest BCUT2D eigenvalue weighted by atomic mass is 10.1. The summed E-state index contributed by atoms with van der Waals surface area (Å²) in [6.07, 6.45) is 1.52. The van der Waals surface area contributed by atoms with Crippen molar-refractivity contribution < 1.29 is 14.3 Å². The molecule has 0 unspecified atom stereocenters. The third kappa shape index (κ3) is 5.58. The van der Waals surface area contributed by atoms with Gasteiger partial charge in [0.25, 0.3) is 5.91 Å². The number of nitrogens with zero attached hydrogens (tertiary/aromatic N) is 2. The monoisotopic (exact) mass is 460 g/mol. The van der Waals surface area contributed by atoms with E-state index in [1.165, 1.54) is 6.21 Å². The first kappa shape index (κ1) is 22.1. The van der Waals surface area contributed by atoms with Crippen molar-refractivity contribution in [3.63, 3.8) is 0 Å². The van der Waals surface area contributed by atoms with Crippen molar-refractivity contribution in [2.24, 2.45) is 5.10 Å². The van der Waals surface area contributed by atoms with Crippen LogP contribution in [-0.2, 0) is 6.61 Å². The lowest BCUT2D eigenvalue weighted by Crippen LogP contribution is -2.18. The van der Waals surface area contributed by atoms with Gasteiger partial charge in [0.15, 0.2) is 0 Å². The van der Waals surface area contributed by atoms with Crippen molar-refractivity contribution in [2.45, 2.75) is 6.61 Å². The van der Waals surface area contributed by atoms with Gasteiger partial charge in [-0.2, -0.15) is 10.2 Å². The van der Waals surface area contributed by atoms with E-state index in [4.69, 9.17) is 21.1 Å². The van der Waals surface area contributed by atoms with Crippen LogP contribution < -0.4 is 14.9 Å². The largest absolute Gasteiger partial charge is 0.496 e. The molecule has 4 aromatic rings. The van der Waals surface area contributed by atoms with Gasteiger partial charge in [0.1, 0.15) is 23.8 Å². The maximum absolute atomic E-state index is 12.4. The third-order valence-electron chi connectivity index (χ3n) is 4.83. The summed E-state index contributed by atoms with van der Waals surface area (Å²) >= 11 is 6.16. The number of amides is 1. The fourth-order valence-electron chi connectivity index (χ4n) is 3.08. The van der Waals surface area contributed by atoms with Crippen LogP contribution in [0.4, 0.5) is 0 Å². The van der Waals surface area contributed by atoms with Gasteiger partial charge in [-0.25, -0.2) is 5.43 Å². The molecule has 0 saturated carbocycles. The number of methoxy groups -OCH3 is 1. The minimum Gasteiger partial charge on any atom is -0.496 e. The standard InChI is InChI=1S/C25H21ClN4O3/c1-32-24-9-5-3-6-18(24)15-27-30-25(31)23-14-22(28-29-23)17-10-12-20(13-11-17)33-16-19-7-2-4-8-21(19)26/h2-15H,16H2,1H3,(H,28,29)(H,30,31)/b27-15+. The number of rotatable bonds is 8. The molecule has 0 fully saturated rings. The van der Waals surface area contributed by atoms with E-state index in [0.717, 1.165) is 16.7 Å². The Kier molecular flexibility index (Phi) is 7.02. The zero-order valence-electron chi connectivity index (χ0n) is 17.8. The topological polar surface area (TPSA) is 88.6 Å². The number of hydrogen-bond donors (Lipinski definition) is 2. The Balaban J connectivity index is 1.36. The van der Waals surface area contributed by atoms with Gasteiger partial charge in [-0.05, 0) is 48.5 Å². The van der Waals surface area contributed by atoms with Crippen molar-refractivity contribution in [2.75, 3.05) is 7.11 Å². The normalized spacial score (nSPS) is 10.8. The van der Waals surface area contributed by atoms with Crippen LogP contribution in [0.5, 0.6) is 11.5 Å². The molecule has 3 aromatic carbocycles. The molecule has 0 bridgehead atoms. The highest BCUT2D eigenvalue weighted by molar-refractivity contribution is 6.31. The molecule has 0 aliphatic heterocycles. The molecule has 166 valence electrons. The smallest absolute Gasteiger partial charge is 0.289 e. The molecule has 7 nitrogen and oxygen atoms in total. The summed E-state index contributed by atoms with van der Waals surface area (Å²) in [5, 5.41) is 11.6. The number of aromatic amines is 1. The predicted molar refractivity (Wildman–Crippen MR) is 128 cm³/mol. The number of carbonyl (C=O) groups excluding carboxylic acids is 1. The number of benzene rings is 3. The Morgan fingerprint density at radius 3 is 2.64 bits per heavy atom. The lowest BCUT2D eigenvalue weighted by molar-refractivity contribution is 0.0950. The van der Waals surface area contributed by atoms with Gasteiger partial charge in [-0.3, -0.25) is 9.89 Å². The number of aromatic nitrogens is 2. The van der Waals surface area contributed by atoms with Crippen LogP contribution >= 0.6 is 11.6 Å². The van der Waals surface area contributed by atoms with E-state index < -0.39 is 5.91 Å². The predicted octanol–water partition coefficient (Wildman–Crippen LogP) is 5.08. The van der Waals surface area contributed by atoms with Crippen LogP contribution in [0.1, 0.15) is 21.6 Å². The van der Waals surface area contributed by atoms with Gasteiger partial charge in [0.05, 0.1) is 19.0 Å². The number of halogens is 1. The zero-order chi connectivity index (χ0) is 23.0. The Bertz CT molecular complexity index is 1270. The molecule has 0 spiro atoms. The molecule has 1 amide bonds. The summed E-state index contributed by atoms with van der Waals surface area (Å²) in [5.41, 5.74) is 5.92. The maximum atomic E-state index is 12.4. The molecule has 0 radical (unpaired) electrons. The number of para-hydroxylation sites is 1. The molecule has 33 heavy (non-hydrogen) atoms. The summed E-state index contributed by atoms with van der Waals surface area (Å²) in [7, 11) is 1.58. The molecule has 1 aromatic heterocycles. The van der Waals surface area contributed by atoms with Gasteiger partial charge < -0.3 is 9.47 Å². The summed E-state index contributed by atoms with van der Waals surface area (Å²) in [4.78, 5) is 12.4.